The first-order valence-electron chi connectivity index (χ1n) is 24.1. The van der Waals surface area contributed by atoms with Gasteiger partial charge < -0.3 is 33.9 Å². The molecule has 2 aliphatic heterocycles. The molecule has 10 nitrogen and oxygen atoms in total. The number of ether oxygens (including phenoxy) is 2. The summed E-state index contributed by atoms with van der Waals surface area (Å²) in [5.41, 5.74) is 9.57. The minimum Gasteiger partial charge on any atom is -0.478 e. The van der Waals surface area contributed by atoms with E-state index in [1.54, 1.807) is 11.0 Å². The maximum Gasteiger partial charge on any atom is 0.335 e. The van der Waals surface area contributed by atoms with E-state index in [4.69, 9.17) is 9.47 Å². The molecule has 5 aliphatic carbocycles. The number of carboxylic acid groups (broad SMARTS) is 1. The fraction of sp³-hybridized carbons (Fsp3) is 0.627. The molecule has 326 valence electrons. The molecule has 2 aromatic heterocycles. The van der Waals surface area contributed by atoms with Crippen LogP contribution in [-0.4, -0.2) is 82.5 Å². The Labute approximate surface area is 360 Å². The van der Waals surface area contributed by atoms with Crippen molar-refractivity contribution in [1.29, 1.82) is 0 Å². The largest absolute Gasteiger partial charge is 0.478 e. The third-order valence-corrected chi connectivity index (χ3v) is 15.6. The van der Waals surface area contributed by atoms with Gasteiger partial charge in [0, 0.05) is 90.9 Å². The Morgan fingerprint density at radius 2 is 1.15 bits per heavy atom. The van der Waals surface area contributed by atoms with Gasteiger partial charge in [0.15, 0.2) is 0 Å². The number of likely N-dealkylation sites (N-methyl/N-ethyl adjacent to an activating group) is 1. The minimum absolute atomic E-state index is 0.0409. The summed E-state index contributed by atoms with van der Waals surface area (Å²) in [5, 5.41) is 14.9. The topological polar surface area (TPSA) is 115 Å². The van der Waals surface area contributed by atoms with Gasteiger partial charge in [-0.1, -0.05) is 0 Å². The summed E-state index contributed by atoms with van der Waals surface area (Å²) >= 11 is 0. The van der Waals surface area contributed by atoms with Gasteiger partial charge >= 0.3 is 5.97 Å². The van der Waals surface area contributed by atoms with Gasteiger partial charge in [-0.05, 0) is 193 Å². The number of hydrogen-bond donors (Lipinski definition) is 2. The van der Waals surface area contributed by atoms with Gasteiger partial charge in [0.2, 0.25) is 5.91 Å². The Kier molecular flexibility index (Phi) is 11.8. The Balaban J connectivity index is 0.000000152. The second kappa shape index (κ2) is 17.5. The number of aromatic nitrogens is 2. The number of benzene rings is 2. The van der Waals surface area contributed by atoms with Crippen molar-refractivity contribution in [1.82, 2.24) is 19.4 Å². The van der Waals surface area contributed by atoms with E-state index >= 15 is 0 Å². The fourth-order valence-corrected chi connectivity index (χ4v) is 11.5. The zero-order chi connectivity index (χ0) is 41.6. The first kappa shape index (κ1) is 40.9. The molecule has 4 aromatic rings. The van der Waals surface area contributed by atoms with Gasteiger partial charge in [-0.2, -0.15) is 0 Å². The summed E-state index contributed by atoms with van der Waals surface area (Å²) in [6.45, 7) is 8.45. The monoisotopic (exact) mass is 830 g/mol. The molecule has 2 N–H and O–H groups in total. The summed E-state index contributed by atoms with van der Waals surface area (Å²) in [4.78, 5) is 39.0. The van der Waals surface area contributed by atoms with Crippen LogP contribution in [0.1, 0.15) is 127 Å². The molecule has 5 fully saturated rings. The van der Waals surface area contributed by atoms with Gasteiger partial charge in [0.1, 0.15) is 0 Å². The molecule has 2 aromatic carbocycles. The fourth-order valence-electron chi connectivity index (χ4n) is 11.5. The lowest BCUT2D eigenvalue weighted by Crippen LogP contribution is -2.41. The summed E-state index contributed by atoms with van der Waals surface area (Å²) in [7, 11) is 0. The molecule has 2 saturated heterocycles. The first-order valence-corrected chi connectivity index (χ1v) is 24.1. The number of carbonyl (C=O) groups excluding carboxylic acids is 2. The van der Waals surface area contributed by atoms with Crippen molar-refractivity contribution in [2.75, 3.05) is 39.5 Å². The quantitative estimate of drug-likeness (QED) is 0.148. The smallest absolute Gasteiger partial charge is 0.335 e. The third-order valence-electron chi connectivity index (χ3n) is 15.6. The van der Waals surface area contributed by atoms with E-state index < -0.39 is 5.97 Å². The average molecular weight is 831 g/mol. The van der Waals surface area contributed by atoms with Crippen molar-refractivity contribution in [2.45, 2.75) is 129 Å². The number of carboxylic acids is 1. The number of nitrogens with zero attached hydrogens (tertiary/aromatic N) is 3. The number of carbonyl (C=O) groups is 3. The van der Waals surface area contributed by atoms with Crippen molar-refractivity contribution in [3.05, 3.63) is 70.0 Å². The lowest BCUT2D eigenvalue weighted by atomic mass is 9.75. The van der Waals surface area contributed by atoms with Gasteiger partial charge in [0.25, 0.3) is 5.91 Å². The van der Waals surface area contributed by atoms with Crippen LogP contribution in [0, 0.1) is 35.5 Å². The Morgan fingerprint density at radius 3 is 1.61 bits per heavy atom. The highest BCUT2D eigenvalue weighted by Crippen LogP contribution is 2.44. The van der Waals surface area contributed by atoms with Crippen LogP contribution in [0.4, 0.5) is 0 Å². The van der Waals surface area contributed by atoms with Crippen molar-refractivity contribution < 1.29 is 29.0 Å². The van der Waals surface area contributed by atoms with Crippen LogP contribution >= 0.6 is 0 Å². The molecule has 0 radical (unpaired) electrons. The van der Waals surface area contributed by atoms with Crippen LogP contribution in [0.5, 0.6) is 0 Å². The number of nitrogens with one attached hydrogen (secondary N) is 1. The van der Waals surface area contributed by atoms with E-state index in [1.807, 2.05) is 25.1 Å². The summed E-state index contributed by atoms with van der Waals surface area (Å²) in [6, 6.07) is 12.3. The van der Waals surface area contributed by atoms with Crippen molar-refractivity contribution in [3.63, 3.8) is 0 Å². The predicted octanol–water partition coefficient (Wildman–Crippen LogP) is 8.60. The average Bonchev–Trinajstić information content (AvgIpc) is 4.20. The van der Waals surface area contributed by atoms with Crippen LogP contribution < -0.4 is 5.32 Å². The third kappa shape index (κ3) is 8.91. The van der Waals surface area contributed by atoms with E-state index in [2.05, 4.69) is 26.6 Å². The number of fused-ring (bicyclic) bond motifs is 6. The van der Waals surface area contributed by atoms with Crippen molar-refractivity contribution in [3.8, 4) is 0 Å². The first-order chi connectivity index (χ1) is 29.8. The van der Waals surface area contributed by atoms with Gasteiger partial charge in [-0.15, -0.1) is 0 Å². The van der Waals surface area contributed by atoms with E-state index in [0.717, 1.165) is 108 Å². The number of rotatable bonds is 12. The zero-order valence-corrected chi connectivity index (χ0v) is 36.3. The van der Waals surface area contributed by atoms with E-state index in [9.17, 15) is 19.5 Å². The Hall–Kier alpha value is -4.15. The van der Waals surface area contributed by atoms with Crippen LogP contribution in [0.15, 0.2) is 36.4 Å². The van der Waals surface area contributed by atoms with E-state index in [0.29, 0.717) is 29.6 Å². The molecular weight excluding hydrogens is 765 g/mol. The lowest BCUT2D eigenvalue weighted by Gasteiger charge is -2.33. The van der Waals surface area contributed by atoms with Crippen LogP contribution in [0.2, 0.25) is 0 Å². The molecule has 2 unspecified atom stereocenters. The van der Waals surface area contributed by atoms with Crippen molar-refractivity contribution >= 4 is 39.6 Å². The SMILES string of the molecule is CCN(CC(=O)NC1CC1)C(=O)c1ccc2c(c1)c1c(n2CC2CC2)CCC(C2CCOCC2)C1.O=C(O)c1ccc2c(c1)c1c(n2CC2CC2)CCC(C2CCOCC2)C1. The van der Waals surface area contributed by atoms with Gasteiger partial charge in [-0.25, -0.2) is 4.79 Å². The molecule has 0 bridgehead atoms. The maximum atomic E-state index is 13.5. The zero-order valence-electron chi connectivity index (χ0n) is 36.3. The number of amides is 2. The van der Waals surface area contributed by atoms with E-state index in [1.165, 1.54) is 109 Å². The van der Waals surface area contributed by atoms with E-state index in [-0.39, 0.29) is 18.4 Å². The molecule has 7 aliphatic rings. The lowest BCUT2D eigenvalue weighted by molar-refractivity contribution is -0.121. The second-order valence-corrected chi connectivity index (χ2v) is 19.8. The minimum atomic E-state index is -0.826. The second-order valence-electron chi connectivity index (χ2n) is 19.8. The highest BCUT2D eigenvalue weighted by Gasteiger charge is 2.35. The van der Waals surface area contributed by atoms with Crippen LogP contribution in [-0.2, 0) is 53.0 Å². The number of hydrogen-bond acceptors (Lipinski definition) is 5. The molecule has 2 atom stereocenters. The number of aromatic carboxylic acids is 1. The van der Waals surface area contributed by atoms with Gasteiger partial charge in [-0.3, -0.25) is 9.59 Å². The molecular formula is C51H66N4O6. The standard InChI is InChI=1S/C29H39N3O3.C22H27NO3/c1-2-31(18-28(33)30-23-7-8-23)29(34)22-6-10-27-25(16-22)24-15-21(20-11-13-35-14-12-20)5-9-26(24)32(27)17-19-3-4-19;24-22(25)17-4-6-21-19(12-17)18-11-16(15-7-9-26-10-8-15)3-5-20(18)23(21)13-14-1-2-14/h6,10,16,19-21,23H,2-5,7-9,11-15,17-18H2,1H3,(H,30,33);4,6,12,14-16H,1-3,5,7-11,13H2,(H,24,25). The Bertz CT molecular complexity index is 2270. The predicted molar refractivity (Wildman–Crippen MR) is 237 cm³/mol. The molecule has 10 heteroatoms. The molecule has 4 heterocycles. The van der Waals surface area contributed by atoms with Gasteiger partial charge in [0.05, 0.1) is 12.1 Å². The molecule has 3 saturated carbocycles. The van der Waals surface area contributed by atoms with Crippen molar-refractivity contribution in [2.24, 2.45) is 35.5 Å². The summed E-state index contributed by atoms with van der Waals surface area (Å²) < 4.78 is 16.3. The maximum absolute atomic E-state index is 13.5. The summed E-state index contributed by atoms with van der Waals surface area (Å²) in [6.07, 6.45) is 19.2. The highest BCUT2D eigenvalue weighted by molar-refractivity contribution is 6.01. The summed E-state index contributed by atoms with van der Waals surface area (Å²) in [5.74, 6) is 3.67. The molecule has 61 heavy (non-hydrogen) atoms. The Morgan fingerprint density at radius 1 is 0.656 bits per heavy atom. The molecule has 0 spiro atoms. The van der Waals surface area contributed by atoms with Crippen LogP contribution in [0.25, 0.3) is 21.8 Å². The van der Waals surface area contributed by atoms with Crippen LogP contribution in [0.3, 0.4) is 0 Å². The molecule has 11 rings (SSSR count). The molecule has 2 amide bonds. The highest BCUT2D eigenvalue weighted by atomic mass is 16.5. The normalized spacial score (nSPS) is 23.2.